The average Bonchev–Trinajstić information content (AvgIpc) is 2.78. The lowest BCUT2D eigenvalue weighted by Gasteiger charge is -2.38. The van der Waals surface area contributed by atoms with Gasteiger partial charge < -0.3 is 4.74 Å². The first kappa shape index (κ1) is 12.7. The van der Waals surface area contributed by atoms with Gasteiger partial charge in [-0.3, -0.25) is 0 Å². The Morgan fingerprint density at radius 1 is 1.21 bits per heavy atom. The number of carbonyl (C=O) groups is 1. The Bertz CT molecular complexity index is 491. The minimum Gasteiger partial charge on any atom is -0.458 e. The van der Waals surface area contributed by atoms with E-state index in [0.717, 1.165) is 12.8 Å². The molecule has 2 heteroatoms. The van der Waals surface area contributed by atoms with Crippen LogP contribution in [-0.2, 0) is 4.74 Å². The first-order chi connectivity index (χ1) is 8.91. The topological polar surface area (TPSA) is 26.3 Å². The van der Waals surface area contributed by atoms with Crippen molar-refractivity contribution in [2.75, 3.05) is 0 Å². The summed E-state index contributed by atoms with van der Waals surface area (Å²) in [5.74, 6) is 0.531. The minimum atomic E-state index is -0.169. The highest BCUT2D eigenvalue weighted by Gasteiger charge is 2.58. The number of benzene rings is 1. The molecule has 2 bridgehead atoms. The number of ether oxygens (including phenoxy) is 1. The summed E-state index contributed by atoms with van der Waals surface area (Å²) in [6, 6.07) is 9.31. The normalized spacial score (nSPS) is 35.3. The van der Waals surface area contributed by atoms with E-state index >= 15 is 0 Å². The summed E-state index contributed by atoms with van der Waals surface area (Å²) in [5, 5.41) is 0. The molecule has 0 aromatic heterocycles. The number of hydrogen-bond acceptors (Lipinski definition) is 2. The number of fused-ring (bicyclic) bond motifs is 2. The molecule has 2 fully saturated rings. The molecular weight excluding hydrogens is 236 g/mol. The van der Waals surface area contributed by atoms with Gasteiger partial charge in [0.05, 0.1) is 5.56 Å². The van der Waals surface area contributed by atoms with Gasteiger partial charge >= 0.3 is 5.97 Å². The molecule has 0 spiro atoms. The second-order valence-corrected chi connectivity index (χ2v) is 7.22. The molecule has 2 aliphatic carbocycles. The van der Waals surface area contributed by atoms with Crippen LogP contribution in [0.4, 0.5) is 0 Å². The second kappa shape index (κ2) is 4.09. The standard InChI is InChI=1S/C17H22O2/c1-16(2)11-17(3)10-13(16)9-14(17)19-15(18)12-7-5-4-6-8-12/h4-8,13-14H,9-11H2,1-3H3. The molecule has 0 amide bonds. The fourth-order valence-electron chi connectivity index (χ4n) is 4.25. The zero-order valence-corrected chi connectivity index (χ0v) is 12.0. The zero-order valence-electron chi connectivity index (χ0n) is 12.0. The van der Waals surface area contributed by atoms with Crippen LogP contribution in [0.15, 0.2) is 30.3 Å². The van der Waals surface area contributed by atoms with E-state index in [2.05, 4.69) is 20.8 Å². The summed E-state index contributed by atoms with van der Waals surface area (Å²) < 4.78 is 5.79. The monoisotopic (exact) mass is 258 g/mol. The molecule has 3 rings (SSSR count). The molecule has 0 radical (unpaired) electrons. The average molecular weight is 258 g/mol. The van der Waals surface area contributed by atoms with Gasteiger partial charge in [-0.2, -0.15) is 0 Å². The predicted octanol–water partition coefficient (Wildman–Crippen LogP) is 4.06. The van der Waals surface area contributed by atoms with Crippen LogP contribution in [0.1, 0.15) is 50.4 Å². The van der Waals surface area contributed by atoms with Crippen molar-refractivity contribution in [1.82, 2.24) is 0 Å². The van der Waals surface area contributed by atoms with Crippen LogP contribution in [0.2, 0.25) is 0 Å². The maximum Gasteiger partial charge on any atom is 0.338 e. The van der Waals surface area contributed by atoms with Crippen LogP contribution >= 0.6 is 0 Å². The van der Waals surface area contributed by atoms with Crippen molar-refractivity contribution in [3.05, 3.63) is 35.9 Å². The van der Waals surface area contributed by atoms with Crippen molar-refractivity contribution in [1.29, 1.82) is 0 Å². The maximum atomic E-state index is 12.2. The van der Waals surface area contributed by atoms with Gasteiger partial charge in [0.15, 0.2) is 0 Å². The molecule has 0 N–H and O–H groups in total. The van der Waals surface area contributed by atoms with E-state index in [1.54, 1.807) is 0 Å². The number of esters is 1. The predicted molar refractivity (Wildman–Crippen MR) is 74.9 cm³/mol. The first-order valence-corrected chi connectivity index (χ1v) is 7.17. The smallest absolute Gasteiger partial charge is 0.338 e. The van der Waals surface area contributed by atoms with Gasteiger partial charge in [-0.25, -0.2) is 4.79 Å². The van der Waals surface area contributed by atoms with Crippen LogP contribution in [0.25, 0.3) is 0 Å². The molecule has 0 saturated heterocycles. The van der Waals surface area contributed by atoms with Gasteiger partial charge in [-0.1, -0.05) is 39.0 Å². The molecule has 0 aliphatic heterocycles. The third-order valence-corrected chi connectivity index (χ3v) is 5.21. The molecule has 2 aliphatic rings. The summed E-state index contributed by atoms with van der Waals surface area (Å²) in [6.45, 7) is 6.97. The largest absolute Gasteiger partial charge is 0.458 e. The molecule has 19 heavy (non-hydrogen) atoms. The van der Waals surface area contributed by atoms with Crippen molar-refractivity contribution < 1.29 is 9.53 Å². The van der Waals surface area contributed by atoms with E-state index in [1.807, 2.05) is 30.3 Å². The quantitative estimate of drug-likeness (QED) is 0.748. The van der Waals surface area contributed by atoms with Crippen LogP contribution in [0.5, 0.6) is 0 Å². The molecule has 1 aromatic carbocycles. The van der Waals surface area contributed by atoms with Crippen LogP contribution in [-0.4, -0.2) is 12.1 Å². The molecule has 3 unspecified atom stereocenters. The van der Waals surface area contributed by atoms with Crippen molar-refractivity contribution >= 4 is 5.97 Å². The van der Waals surface area contributed by atoms with Gasteiger partial charge in [0, 0.05) is 5.41 Å². The Morgan fingerprint density at radius 3 is 2.42 bits per heavy atom. The second-order valence-electron chi connectivity index (χ2n) is 7.22. The highest BCUT2D eigenvalue weighted by molar-refractivity contribution is 5.89. The van der Waals surface area contributed by atoms with Crippen molar-refractivity contribution in [2.45, 2.75) is 46.1 Å². The van der Waals surface area contributed by atoms with E-state index in [4.69, 9.17) is 4.74 Å². The van der Waals surface area contributed by atoms with Gasteiger partial charge in [0.25, 0.3) is 0 Å². The number of hydrogen-bond donors (Lipinski definition) is 0. The SMILES string of the molecule is CC1(C)CC2(C)CC1CC2OC(=O)c1ccccc1. The Kier molecular flexibility index (Phi) is 2.74. The zero-order chi connectivity index (χ0) is 13.7. The fourth-order valence-corrected chi connectivity index (χ4v) is 4.25. The Labute approximate surface area is 115 Å². The van der Waals surface area contributed by atoms with Crippen molar-refractivity contribution in [3.63, 3.8) is 0 Å². The molecule has 2 nitrogen and oxygen atoms in total. The lowest BCUT2D eigenvalue weighted by molar-refractivity contribution is -0.0221. The Morgan fingerprint density at radius 2 is 1.89 bits per heavy atom. The molecule has 0 heterocycles. The number of rotatable bonds is 2. The molecule has 2 saturated carbocycles. The highest BCUT2D eigenvalue weighted by Crippen LogP contribution is 2.63. The van der Waals surface area contributed by atoms with E-state index < -0.39 is 0 Å². The highest BCUT2D eigenvalue weighted by atomic mass is 16.5. The van der Waals surface area contributed by atoms with Gasteiger partial charge in [-0.05, 0) is 42.7 Å². The summed E-state index contributed by atoms with van der Waals surface area (Å²) in [4.78, 5) is 12.2. The van der Waals surface area contributed by atoms with E-state index in [1.165, 1.54) is 6.42 Å². The van der Waals surface area contributed by atoms with Gasteiger partial charge in [-0.15, -0.1) is 0 Å². The van der Waals surface area contributed by atoms with E-state index in [0.29, 0.717) is 16.9 Å². The lowest BCUT2D eigenvalue weighted by atomic mass is 9.71. The van der Waals surface area contributed by atoms with Gasteiger partial charge in [0.2, 0.25) is 0 Å². The Hall–Kier alpha value is -1.31. The van der Waals surface area contributed by atoms with Crippen LogP contribution in [0.3, 0.4) is 0 Å². The number of carbonyl (C=O) groups excluding carboxylic acids is 1. The van der Waals surface area contributed by atoms with Gasteiger partial charge in [0.1, 0.15) is 6.10 Å². The maximum absolute atomic E-state index is 12.2. The molecular formula is C17H22O2. The fraction of sp³-hybridized carbons (Fsp3) is 0.588. The van der Waals surface area contributed by atoms with Crippen molar-refractivity contribution in [3.8, 4) is 0 Å². The van der Waals surface area contributed by atoms with Crippen molar-refractivity contribution in [2.24, 2.45) is 16.7 Å². The summed E-state index contributed by atoms with van der Waals surface area (Å²) in [7, 11) is 0. The summed E-state index contributed by atoms with van der Waals surface area (Å²) in [6.07, 6.45) is 3.49. The molecule has 3 atom stereocenters. The van der Waals surface area contributed by atoms with Crippen LogP contribution in [0, 0.1) is 16.7 Å². The minimum absolute atomic E-state index is 0.0956. The lowest BCUT2D eigenvalue weighted by Crippen LogP contribution is -2.37. The molecule has 1 aromatic rings. The Balaban J connectivity index is 1.72. The third-order valence-electron chi connectivity index (χ3n) is 5.21. The third kappa shape index (κ3) is 2.07. The van der Waals surface area contributed by atoms with Crippen LogP contribution < -0.4 is 0 Å². The molecule has 102 valence electrons. The summed E-state index contributed by atoms with van der Waals surface area (Å²) in [5.41, 5.74) is 1.25. The van der Waals surface area contributed by atoms with E-state index in [-0.39, 0.29) is 17.5 Å². The summed E-state index contributed by atoms with van der Waals surface area (Å²) >= 11 is 0. The van der Waals surface area contributed by atoms with E-state index in [9.17, 15) is 4.79 Å². The first-order valence-electron chi connectivity index (χ1n) is 7.17.